The summed E-state index contributed by atoms with van der Waals surface area (Å²) in [5.74, 6) is 1.91. The Morgan fingerprint density at radius 1 is 0.345 bits per heavy atom. The number of rotatable bonds is 6. The van der Waals surface area contributed by atoms with E-state index in [2.05, 4.69) is 188 Å². The highest BCUT2D eigenvalue weighted by molar-refractivity contribution is 6.10. The van der Waals surface area contributed by atoms with Crippen molar-refractivity contribution in [3.8, 4) is 73.2 Å². The van der Waals surface area contributed by atoms with E-state index in [-0.39, 0.29) is 5.41 Å². The Kier molecular flexibility index (Phi) is 7.80. The Labute approximate surface area is 337 Å². The van der Waals surface area contributed by atoms with E-state index < -0.39 is 0 Å². The predicted octanol–water partition coefficient (Wildman–Crippen LogP) is 13.6. The maximum atomic E-state index is 5.17. The van der Waals surface area contributed by atoms with E-state index in [1.165, 1.54) is 44.2 Å². The lowest BCUT2D eigenvalue weighted by Crippen LogP contribution is -2.14. The molecule has 1 aliphatic rings. The molecule has 0 N–H and O–H groups in total. The van der Waals surface area contributed by atoms with Crippen molar-refractivity contribution in [2.75, 3.05) is 0 Å². The highest BCUT2D eigenvalue weighted by Crippen LogP contribution is 2.49. The molecule has 11 rings (SSSR count). The summed E-state index contributed by atoms with van der Waals surface area (Å²) >= 11 is 0. The summed E-state index contributed by atoms with van der Waals surface area (Å²) < 4.78 is 2.40. The molecular weight excluding hydrogens is 705 g/mol. The molecule has 1 aliphatic carbocycles. The molecule has 10 aromatic rings. The summed E-state index contributed by atoms with van der Waals surface area (Å²) in [7, 11) is 0. The zero-order valence-electron chi connectivity index (χ0n) is 32.3. The fourth-order valence-corrected chi connectivity index (χ4v) is 8.88. The van der Waals surface area contributed by atoms with Gasteiger partial charge in [-0.25, -0.2) is 15.0 Å². The van der Waals surface area contributed by atoms with Gasteiger partial charge in [-0.15, -0.1) is 0 Å². The van der Waals surface area contributed by atoms with Gasteiger partial charge in [0.05, 0.1) is 11.0 Å². The first-order chi connectivity index (χ1) is 28.5. The normalized spacial score (nSPS) is 12.8. The van der Waals surface area contributed by atoms with E-state index in [0.29, 0.717) is 17.5 Å². The van der Waals surface area contributed by atoms with Gasteiger partial charge < -0.3 is 4.57 Å². The molecule has 2 aromatic heterocycles. The van der Waals surface area contributed by atoms with Gasteiger partial charge in [-0.2, -0.15) is 0 Å². The third-order valence-corrected chi connectivity index (χ3v) is 11.9. The van der Waals surface area contributed by atoms with Crippen molar-refractivity contribution in [2.24, 2.45) is 0 Å². The molecule has 274 valence electrons. The van der Waals surface area contributed by atoms with E-state index >= 15 is 0 Å². The Hall–Kier alpha value is -7.43. The average Bonchev–Trinajstić information content (AvgIpc) is 3.74. The van der Waals surface area contributed by atoms with Gasteiger partial charge in [0.15, 0.2) is 17.5 Å². The minimum absolute atomic E-state index is 0.0558. The SMILES string of the molecule is CC1(C)c2ccccc2-c2cc(-n3c4ccccc4c4ccc(-c5nc(-c6ccccc6)nc(-c6ccc(-c7ccc(-c8ccccc8)cc7)cc6)n5)cc43)ccc21. The van der Waals surface area contributed by atoms with Gasteiger partial charge in [0.2, 0.25) is 0 Å². The maximum Gasteiger partial charge on any atom is 0.164 e. The average molecular weight is 743 g/mol. The van der Waals surface area contributed by atoms with Gasteiger partial charge in [0.1, 0.15) is 0 Å². The quantitative estimate of drug-likeness (QED) is 0.170. The third-order valence-electron chi connectivity index (χ3n) is 11.9. The molecule has 2 heterocycles. The van der Waals surface area contributed by atoms with Crippen LogP contribution in [0.5, 0.6) is 0 Å². The van der Waals surface area contributed by atoms with Crippen molar-refractivity contribution < 1.29 is 0 Å². The number of hydrogen-bond donors (Lipinski definition) is 0. The summed E-state index contributed by atoms with van der Waals surface area (Å²) in [5, 5.41) is 2.40. The molecule has 0 atom stereocenters. The molecule has 0 aliphatic heterocycles. The maximum absolute atomic E-state index is 5.17. The zero-order chi connectivity index (χ0) is 38.8. The second-order valence-electron chi connectivity index (χ2n) is 15.7. The Morgan fingerprint density at radius 2 is 0.810 bits per heavy atom. The molecule has 0 spiro atoms. The van der Waals surface area contributed by atoms with Crippen LogP contribution in [-0.4, -0.2) is 19.5 Å². The monoisotopic (exact) mass is 742 g/mol. The van der Waals surface area contributed by atoms with Gasteiger partial charge in [0, 0.05) is 38.6 Å². The summed E-state index contributed by atoms with van der Waals surface area (Å²) in [5.41, 5.74) is 16.2. The predicted molar refractivity (Wildman–Crippen MR) is 239 cm³/mol. The number of nitrogens with zero attached hydrogens (tertiary/aromatic N) is 4. The third kappa shape index (κ3) is 5.56. The second-order valence-corrected chi connectivity index (χ2v) is 15.7. The molecule has 58 heavy (non-hydrogen) atoms. The molecule has 0 radical (unpaired) electrons. The van der Waals surface area contributed by atoms with Crippen LogP contribution < -0.4 is 0 Å². The second kappa shape index (κ2) is 13.4. The van der Waals surface area contributed by atoms with Crippen LogP contribution in [0.25, 0.3) is 95.0 Å². The summed E-state index contributed by atoms with van der Waals surface area (Å²) in [6.45, 7) is 4.66. The Bertz CT molecular complexity index is 3160. The zero-order valence-corrected chi connectivity index (χ0v) is 32.3. The van der Waals surface area contributed by atoms with Crippen LogP contribution in [0.3, 0.4) is 0 Å². The molecule has 0 fully saturated rings. The van der Waals surface area contributed by atoms with E-state index in [0.717, 1.165) is 44.5 Å². The lowest BCUT2D eigenvalue weighted by Gasteiger charge is -2.21. The van der Waals surface area contributed by atoms with Crippen LogP contribution in [-0.2, 0) is 5.41 Å². The van der Waals surface area contributed by atoms with E-state index in [9.17, 15) is 0 Å². The molecule has 0 saturated heterocycles. The first-order valence-corrected chi connectivity index (χ1v) is 19.9. The summed E-state index contributed by atoms with van der Waals surface area (Å²) in [6.07, 6.45) is 0. The van der Waals surface area contributed by atoms with Crippen molar-refractivity contribution in [3.63, 3.8) is 0 Å². The first kappa shape index (κ1) is 33.9. The number of para-hydroxylation sites is 1. The Balaban J connectivity index is 1.02. The highest BCUT2D eigenvalue weighted by Gasteiger charge is 2.35. The molecule has 4 heteroatoms. The van der Waals surface area contributed by atoms with Crippen molar-refractivity contribution in [1.82, 2.24) is 19.5 Å². The van der Waals surface area contributed by atoms with Crippen LogP contribution in [0, 0.1) is 0 Å². The van der Waals surface area contributed by atoms with Crippen molar-refractivity contribution in [2.45, 2.75) is 19.3 Å². The largest absolute Gasteiger partial charge is 0.309 e. The van der Waals surface area contributed by atoms with E-state index in [1.807, 2.05) is 24.3 Å². The van der Waals surface area contributed by atoms with Crippen LogP contribution >= 0.6 is 0 Å². The van der Waals surface area contributed by atoms with E-state index in [4.69, 9.17) is 15.0 Å². The van der Waals surface area contributed by atoms with Crippen LogP contribution in [0.2, 0.25) is 0 Å². The lowest BCUT2D eigenvalue weighted by atomic mass is 9.82. The number of aromatic nitrogens is 4. The first-order valence-electron chi connectivity index (χ1n) is 19.9. The minimum atomic E-state index is -0.0558. The number of hydrogen-bond acceptors (Lipinski definition) is 3. The molecular formula is C54H38N4. The van der Waals surface area contributed by atoms with Gasteiger partial charge >= 0.3 is 0 Å². The smallest absolute Gasteiger partial charge is 0.164 e. The van der Waals surface area contributed by atoms with Gasteiger partial charge in [-0.3, -0.25) is 0 Å². The summed E-state index contributed by atoms with van der Waals surface area (Å²) in [6, 6.07) is 69.0. The molecule has 0 unspecified atom stereocenters. The number of benzene rings is 8. The van der Waals surface area contributed by atoms with Crippen molar-refractivity contribution in [1.29, 1.82) is 0 Å². The van der Waals surface area contributed by atoms with Gasteiger partial charge in [-0.05, 0) is 68.8 Å². The fraction of sp³-hybridized carbons (Fsp3) is 0.0556. The standard InChI is InChI=1S/C54H38N4/c1-54(2)47-19-11-9-17-43(47)46-34-42(30-32-48(46)54)58-49-20-12-10-18-44(49)45-31-29-41(33-50(45)58)53-56-51(39-15-7-4-8-16-39)55-52(57-53)40-27-25-38(26-28-40)37-23-21-36(22-24-37)35-13-5-3-6-14-35/h3-34H,1-2H3. The highest BCUT2D eigenvalue weighted by atomic mass is 15.0. The molecule has 0 bridgehead atoms. The molecule has 0 saturated carbocycles. The topological polar surface area (TPSA) is 43.6 Å². The van der Waals surface area contributed by atoms with Crippen molar-refractivity contribution in [3.05, 3.63) is 205 Å². The van der Waals surface area contributed by atoms with Crippen molar-refractivity contribution >= 4 is 21.8 Å². The van der Waals surface area contributed by atoms with Gasteiger partial charge in [-0.1, -0.05) is 184 Å². The minimum Gasteiger partial charge on any atom is -0.309 e. The van der Waals surface area contributed by atoms with E-state index in [1.54, 1.807) is 0 Å². The Morgan fingerprint density at radius 3 is 1.48 bits per heavy atom. The molecule has 0 amide bonds. The van der Waals surface area contributed by atoms with Gasteiger partial charge in [0.25, 0.3) is 0 Å². The van der Waals surface area contributed by atoms with Crippen LogP contribution in [0.15, 0.2) is 194 Å². The molecule has 8 aromatic carbocycles. The fourth-order valence-electron chi connectivity index (χ4n) is 8.88. The van der Waals surface area contributed by atoms with Crippen LogP contribution in [0.1, 0.15) is 25.0 Å². The summed E-state index contributed by atoms with van der Waals surface area (Å²) in [4.78, 5) is 15.3. The molecule has 4 nitrogen and oxygen atoms in total. The number of fused-ring (bicyclic) bond motifs is 6. The van der Waals surface area contributed by atoms with Crippen LogP contribution in [0.4, 0.5) is 0 Å². The lowest BCUT2D eigenvalue weighted by molar-refractivity contribution is 0.660.